The summed E-state index contributed by atoms with van der Waals surface area (Å²) < 4.78 is 10.6. The molecule has 22 heavy (non-hydrogen) atoms. The first kappa shape index (κ1) is 14.4. The fraction of sp³-hybridized carbons (Fsp3) is 0.125. The summed E-state index contributed by atoms with van der Waals surface area (Å²) in [7, 11) is 1.64. The molecule has 6 heteroatoms. The Morgan fingerprint density at radius 3 is 2.73 bits per heavy atom. The molecule has 0 bridgehead atoms. The second-order valence-corrected chi connectivity index (χ2v) is 5.19. The van der Waals surface area contributed by atoms with Crippen LogP contribution in [0.2, 0.25) is 5.02 Å². The van der Waals surface area contributed by atoms with Crippen molar-refractivity contribution in [2.75, 3.05) is 12.8 Å². The first-order valence-corrected chi connectivity index (χ1v) is 7.04. The molecule has 0 spiro atoms. The molecule has 1 aromatic heterocycles. The predicted octanol–water partition coefficient (Wildman–Crippen LogP) is 3.57. The maximum absolute atomic E-state index is 6.07. The highest BCUT2D eigenvalue weighted by molar-refractivity contribution is 6.30. The van der Waals surface area contributed by atoms with Crippen molar-refractivity contribution in [3.05, 3.63) is 58.9 Å². The third kappa shape index (κ3) is 3.04. The number of halogens is 1. The Balaban J connectivity index is 1.99. The molecule has 0 aliphatic carbocycles. The standard InChI is InChI=1S/C16H14ClN3O2/c1-21-14-6-5-10(8-15-19-20-16(18)22-15)7-13(14)11-3-2-4-12(17)9-11/h2-7,9H,8H2,1H3,(H2,18,20). The van der Waals surface area contributed by atoms with E-state index in [2.05, 4.69) is 10.2 Å². The zero-order valence-corrected chi connectivity index (χ0v) is 12.7. The van der Waals surface area contributed by atoms with Crippen LogP contribution in [-0.2, 0) is 6.42 Å². The van der Waals surface area contributed by atoms with E-state index in [-0.39, 0.29) is 6.01 Å². The van der Waals surface area contributed by atoms with Crippen molar-refractivity contribution in [3.63, 3.8) is 0 Å². The van der Waals surface area contributed by atoms with Crippen molar-refractivity contribution in [1.29, 1.82) is 0 Å². The van der Waals surface area contributed by atoms with Crippen LogP contribution in [0.25, 0.3) is 11.1 Å². The number of hydrogen-bond donors (Lipinski definition) is 1. The maximum atomic E-state index is 6.07. The van der Waals surface area contributed by atoms with E-state index in [0.717, 1.165) is 22.4 Å². The lowest BCUT2D eigenvalue weighted by atomic mass is 10.0. The average Bonchev–Trinajstić information content (AvgIpc) is 2.92. The highest BCUT2D eigenvalue weighted by Gasteiger charge is 2.10. The van der Waals surface area contributed by atoms with E-state index < -0.39 is 0 Å². The van der Waals surface area contributed by atoms with Gasteiger partial charge in [0.05, 0.1) is 13.5 Å². The summed E-state index contributed by atoms with van der Waals surface area (Å²) in [6, 6.07) is 13.6. The van der Waals surface area contributed by atoms with Crippen LogP contribution in [-0.4, -0.2) is 17.3 Å². The van der Waals surface area contributed by atoms with Crippen molar-refractivity contribution in [3.8, 4) is 16.9 Å². The highest BCUT2D eigenvalue weighted by Crippen LogP contribution is 2.32. The Morgan fingerprint density at radius 1 is 1.18 bits per heavy atom. The number of methoxy groups -OCH3 is 1. The number of nitrogens with zero attached hydrogens (tertiary/aromatic N) is 2. The van der Waals surface area contributed by atoms with Gasteiger partial charge in [-0.25, -0.2) is 0 Å². The molecule has 0 unspecified atom stereocenters. The van der Waals surface area contributed by atoms with E-state index in [1.807, 2.05) is 42.5 Å². The fourth-order valence-electron chi connectivity index (χ4n) is 2.26. The van der Waals surface area contributed by atoms with Gasteiger partial charge in [0.15, 0.2) is 0 Å². The van der Waals surface area contributed by atoms with Gasteiger partial charge >= 0.3 is 6.01 Å². The number of nitrogen functional groups attached to an aromatic ring is 1. The van der Waals surface area contributed by atoms with Gasteiger partial charge in [-0.15, -0.1) is 5.10 Å². The monoisotopic (exact) mass is 315 g/mol. The molecular weight excluding hydrogens is 302 g/mol. The third-order valence-corrected chi connectivity index (χ3v) is 3.47. The summed E-state index contributed by atoms with van der Waals surface area (Å²) in [6.45, 7) is 0. The van der Waals surface area contributed by atoms with Gasteiger partial charge in [0, 0.05) is 10.6 Å². The zero-order chi connectivity index (χ0) is 15.5. The molecule has 3 rings (SSSR count). The van der Waals surface area contributed by atoms with Gasteiger partial charge in [0.1, 0.15) is 5.75 Å². The molecule has 0 saturated carbocycles. The van der Waals surface area contributed by atoms with E-state index in [4.69, 9.17) is 26.5 Å². The van der Waals surface area contributed by atoms with Crippen LogP contribution in [0.3, 0.4) is 0 Å². The molecule has 0 aliphatic heterocycles. The van der Waals surface area contributed by atoms with E-state index in [1.54, 1.807) is 7.11 Å². The van der Waals surface area contributed by atoms with E-state index >= 15 is 0 Å². The highest BCUT2D eigenvalue weighted by atomic mass is 35.5. The van der Waals surface area contributed by atoms with E-state index in [9.17, 15) is 0 Å². The minimum Gasteiger partial charge on any atom is -0.496 e. The van der Waals surface area contributed by atoms with Gasteiger partial charge in [-0.3, -0.25) is 0 Å². The molecule has 0 atom stereocenters. The van der Waals surface area contributed by atoms with Crippen molar-refractivity contribution in [2.24, 2.45) is 0 Å². The van der Waals surface area contributed by atoms with Crippen LogP contribution in [0.15, 0.2) is 46.9 Å². The first-order valence-electron chi connectivity index (χ1n) is 6.66. The topological polar surface area (TPSA) is 74.2 Å². The minimum absolute atomic E-state index is 0.0681. The number of nitrogens with two attached hydrogens (primary N) is 1. The van der Waals surface area contributed by atoms with Crippen LogP contribution >= 0.6 is 11.6 Å². The zero-order valence-electron chi connectivity index (χ0n) is 11.9. The number of hydrogen-bond acceptors (Lipinski definition) is 5. The lowest BCUT2D eigenvalue weighted by Crippen LogP contribution is -1.93. The summed E-state index contributed by atoms with van der Waals surface area (Å²) >= 11 is 6.07. The molecule has 2 N–H and O–H groups in total. The summed E-state index contributed by atoms with van der Waals surface area (Å²) in [5.41, 5.74) is 8.39. The van der Waals surface area contributed by atoms with E-state index in [1.165, 1.54) is 0 Å². The lowest BCUT2D eigenvalue weighted by Gasteiger charge is -2.11. The molecule has 0 amide bonds. The fourth-order valence-corrected chi connectivity index (χ4v) is 2.45. The van der Waals surface area contributed by atoms with Crippen molar-refractivity contribution in [1.82, 2.24) is 10.2 Å². The molecule has 3 aromatic rings. The number of benzene rings is 2. The molecule has 2 aromatic carbocycles. The summed E-state index contributed by atoms with van der Waals surface area (Å²) in [6.07, 6.45) is 0.502. The molecular formula is C16H14ClN3O2. The molecule has 0 radical (unpaired) electrons. The van der Waals surface area contributed by atoms with Crippen molar-refractivity contribution < 1.29 is 9.15 Å². The van der Waals surface area contributed by atoms with Gasteiger partial charge < -0.3 is 14.9 Å². The number of ether oxygens (including phenoxy) is 1. The Morgan fingerprint density at radius 2 is 2.05 bits per heavy atom. The first-order chi connectivity index (χ1) is 10.7. The van der Waals surface area contributed by atoms with Crippen molar-refractivity contribution in [2.45, 2.75) is 6.42 Å². The lowest BCUT2D eigenvalue weighted by molar-refractivity contribution is 0.416. The van der Waals surface area contributed by atoms with Crippen LogP contribution in [0.4, 0.5) is 6.01 Å². The van der Waals surface area contributed by atoms with Crippen LogP contribution in [0, 0.1) is 0 Å². The van der Waals surface area contributed by atoms with Crippen molar-refractivity contribution >= 4 is 17.6 Å². The average molecular weight is 316 g/mol. The van der Waals surface area contributed by atoms with Gasteiger partial charge in [-0.1, -0.05) is 34.9 Å². The van der Waals surface area contributed by atoms with Crippen LogP contribution < -0.4 is 10.5 Å². The van der Waals surface area contributed by atoms with Gasteiger partial charge in [-0.05, 0) is 35.4 Å². The molecule has 112 valence electrons. The van der Waals surface area contributed by atoms with Gasteiger partial charge in [0.25, 0.3) is 0 Å². The van der Waals surface area contributed by atoms with Gasteiger partial charge in [0.2, 0.25) is 5.89 Å². The number of anilines is 1. The second kappa shape index (κ2) is 6.07. The second-order valence-electron chi connectivity index (χ2n) is 4.76. The molecule has 1 heterocycles. The Kier molecular flexibility index (Phi) is 3.98. The van der Waals surface area contributed by atoms with Crippen LogP contribution in [0.5, 0.6) is 5.75 Å². The Bertz CT molecular complexity index is 802. The normalized spacial score (nSPS) is 10.6. The Labute approximate surface area is 132 Å². The minimum atomic E-state index is 0.0681. The van der Waals surface area contributed by atoms with E-state index in [0.29, 0.717) is 17.3 Å². The molecule has 5 nitrogen and oxygen atoms in total. The number of rotatable bonds is 4. The summed E-state index contributed by atoms with van der Waals surface area (Å²) in [5.74, 6) is 1.25. The maximum Gasteiger partial charge on any atom is 0.312 e. The summed E-state index contributed by atoms with van der Waals surface area (Å²) in [4.78, 5) is 0. The Hall–Kier alpha value is -2.53. The molecule has 0 saturated heterocycles. The quantitative estimate of drug-likeness (QED) is 0.796. The SMILES string of the molecule is COc1ccc(Cc2nnc(N)o2)cc1-c1cccc(Cl)c1. The summed E-state index contributed by atoms with van der Waals surface area (Å²) in [5, 5.41) is 8.21. The predicted molar refractivity (Wildman–Crippen MR) is 85.0 cm³/mol. The largest absolute Gasteiger partial charge is 0.496 e. The molecule has 0 aliphatic rings. The smallest absolute Gasteiger partial charge is 0.312 e. The number of aromatic nitrogens is 2. The molecule has 0 fully saturated rings. The van der Waals surface area contributed by atoms with Crippen LogP contribution in [0.1, 0.15) is 11.5 Å². The third-order valence-electron chi connectivity index (χ3n) is 3.24. The van der Waals surface area contributed by atoms with Gasteiger partial charge in [-0.2, -0.15) is 0 Å².